The van der Waals surface area contributed by atoms with Gasteiger partial charge in [0.05, 0.1) is 10.7 Å². The molecule has 1 rings (SSSR count). The van der Waals surface area contributed by atoms with Gasteiger partial charge in [-0.15, -0.1) is 0 Å². The van der Waals surface area contributed by atoms with Crippen molar-refractivity contribution in [2.45, 2.75) is 26.4 Å². The van der Waals surface area contributed by atoms with Gasteiger partial charge in [0.1, 0.15) is 5.60 Å². The number of aryl methyl sites for hydroxylation is 1. The van der Waals surface area contributed by atoms with Gasteiger partial charge in [-0.25, -0.2) is 9.59 Å². The molecule has 0 aromatic carbocycles. The summed E-state index contributed by atoms with van der Waals surface area (Å²) in [5.74, 6) is -1.18. The van der Waals surface area contributed by atoms with Crippen molar-refractivity contribution in [2.75, 3.05) is 5.32 Å². The number of carboxylic acid groups (broad SMARTS) is 1. The molecule has 1 aromatic heterocycles. The SMILES string of the molecule is Cn1cc(Cl)c(NC(=O)OC(C)(C)C)c1C(=O)O. The zero-order valence-electron chi connectivity index (χ0n) is 10.6. The molecule has 0 aliphatic carbocycles. The van der Waals surface area contributed by atoms with Crippen LogP contribution in [0.4, 0.5) is 10.5 Å². The number of nitrogens with one attached hydrogen (secondary N) is 1. The predicted molar refractivity (Wildman–Crippen MR) is 67.2 cm³/mol. The zero-order chi connectivity index (χ0) is 14.1. The molecular formula is C11H15ClN2O4. The van der Waals surface area contributed by atoms with Crippen LogP contribution < -0.4 is 5.32 Å². The minimum absolute atomic E-state index is 0.0286. The zero-order valence-corrected chi connectivity index (χ0v) is 11.3. The number of ether oxygens (including phenoxy) is 1. The number of anilines is 1. The molecule has 0 aliphatic rings. The summed E-state index contributed by atoms with van der Waals surface area (Å²) in [4.78, 5) is 22.6. The monoisotopic (exact) mass is 274 g/mol. The molecule has 1 heterocycles. The Kier molecular flexibility index (Phi) is 3.91. The summed E-state index contributed by atoms with van der Waals surface area (Å²) in [6.07, 6.45) is 0.649. The predicted octanol–water partition coefficient (Wildman–Crippen LogP) is 2.72. The number of hydrogen-bond acceptors (Lipinski definition) is 3. The smallest absolute Gasteiger partial charge is 0.412 e. The fraction of sp³-hybridized carbons (Fsp3) is 0.455. The van der Waals surface area contributed by atoms with Crippen LogP contribution in [0.3, 0.4) is 0 Å². The number of hydrogen-bond donors (Lipinski definition) is 2. The summed E-state index contributed by atoms with van der Waals surface area (Å²) in [5.41, 5.74) is -0.749. The molecule has 100 valence electrons. The van der Waals surface area contributed by atoms with E-state index in [1.807, 2.05) is 0 Å². The molecule has 0 atom stereocenters. The molecule has 0 saturated carbocycles. The molecule has 2 N–H and O–H groups in total. The van der Waals surface area contributed by atoms with Crippen molar-refractivity contribution in [2.24, 2.45) is 7.05 Å². The van der Waals surface area contributed by atoms with Crippen LogP contribution in [0.1, 0.15) is 31.3 Å². The number of aromatic nitrogens is 1. The van der Waals surface area contributed by atoms with Gasteiger partial charge in [0, 0.05) is 13.2 Å². The second-order valence-corrected chi connectivity index (χ2v) is 5.15. The maximum absolute atomic E-state index is 11.6. The van der Waals surface area contributed by atoms with Gasteiger partial charge in [-0.2, -0.15) is 0 Å². The first-order chi connectivity index (χ1) is 8.11. The van der Waals surface area contributed by atoms with Crippen LogP contribution in [-0.2, 0) is 11.8 Å². The van der Waals surface area contributed by atoms with Crippen LogP contribution in [0.5, 0.6) is 0 Å². The molecule has 0 radical (unpaired) electrons. The highest BCUT2D eigenvalue weighted by atomic mass is 35.5. The summed E-state index contributed by atoms with van der Waals surface area (Å²) in [6.45, 7) is 5.12. The van der Waals surface area contributed by atoms with E-state index in [9.17, 15) is 9.59 Å². The molecule has 1 amide bonds. The van der Waals surface area contributed by atoms with E-state index in [1.165, 1.54) is 17.8 Å². The molecule has 7 heteroatoms. The number of aromatic carboxylic acids is 1. The van der Waals surface area contributed by atoms with Gasteiger partial charge in [0.15, 0.2) is 5.69 Å². The Hall–Kier alpha value is -1.69. The van der Waals surface area contributed by atoms with Gasteiger partial charge >= 0.3 is 12.1 Å². The van der Waals surface area contributed by atoms with Gasteiger partial charge < -0.3 is 14.4 Å². The molecule has 6 nitrogen and oxygen atoms in total. The fourth-order valence-corrected chi connectivity index (χ4v) is 1.65. The minimum atomic E-state index is -1.18. The van der Waals surface area contributed by atoms with Gasteiger partial charge in [-0.1, -0.05) is 11.6 Å². The van der Waals surface area contributed by atoms with Crippen LogP contribution >= 0.6 is 11.6 Å². The topological polar surface area (TPSA) is 80.6 Å². The Labute approximate surface area is 109 Å². The summed E-state index contributed by atoms with van der Waals surface area (Å²) >= 11 is 5.86. The van der Waals surface area contributed by atoms with E-state index in [1.54, 1.807) is 20.8 Å². The second-order valence-electron chi connectivity index (χ2n) is 4.74. The van der Waals surface area contributed by atoms with Crippen LogP contribution in [0.15, 0.2) is 6.20 Å². The molecule has 0 unspecified atom stereocenters. The van der Waals surface area contributed by atoms with Crippen LogP contribution in [0.2, 0.25) is 5.02 Å². The highest BCUT2D eigenvalue weighted by Crippen LogP contribution is 2.28. The number of amides is 1. The lowest BCUT2D eigenvalue weighted by Gasteiger charge is -2.19. The van der Waals surface area contributed by atoms with Gasteiger partial charge in [0.25, 0.3) is 0 Å². The maximum atomic E-state index is 11.6. The minimum Gasteiger partial charge on any atom is -0.477 e. The van der Waals surface area contributed by atoms with E-state index in [0.29, 0.717) is 0 Å². The van der Waals surface area contributed by atoms with Crippen molar-refractivity contribution >= 4 is 29.4 Å². The number of halogens is 1. The standard InChI is InChI=1S/C11H15ClN2O4/c1-11(2,3)18-10(17)13-7-6(12)5-14(4)8(7)9(15)16/h5H,1-4H3,(H,13,17)(H,15,16). The first-order valence-corrected chi connectivity index (χ1v) is 5.57. The van der Waals surface area contributed by atoms with Crippen molar-refractivity contribution in [1.82, 2.24) is 4.57 Å². The third-order valence-corrected chi connectivity index (χ3v) is 2.25. The summed E-state index contributed by atoms with van der Waals surface area (Å²) in [6, 6.07) is 0. The maximum Gasteiger partial charge on any atom is 0.412 e. The highest BCUT2D eigenvalue weighted by molar-refractivity contribution is 6.34. The molecule has 0 fully saturated rings. The van der Waals surface area contributed by atoms with E-state index in [4.69, 9.17) is 21.4 Å². The Balaban J connectivity index is 2.98. The van der Waals surface area contributed by atoms with Gasteiger partial charge in [0.2, 0.25) is 0 Å². The summed E-state index contributed by atoms with van der Waals surface area (Å²) in [5, 5.41) is 11.5. The first-order valence-electron chi connectivity index (χ1n) is 5.20. The van der Waals surface area contributed by atoms with E-state index >= 15 is 0 Å². The Morgan fingerprint density at radius 2 is 2.00 bits per heavy atom. The molecule has 18 heavy (non-hydrogen) atoms. The van der Waals surface area contributed by atoms with Gasteiger partial charge in [-0.05, 0) is 20.8 Å². The normalized spacial score (nSPS) is 11.2. The van der Waals surface area contributed by atoms with Crippen molar-refractivity contribution in [3.8, 4) is 0 Å². The lowest BCUT2D eigenvalue weighted by atomic mass is 10.2. The van der Waals surface area contributed by atoms with Gasteiger partial charge in [-0.3, -0.25) is 5.32 Å². The summed E-state index contributed by atoms with van der Waals surface area (Å²) in [7, 11) is 1.52. The van der Waals surface area contributed by atoms with Crippen LogP contribution in [-0.4, -0.2) is 27.3 Å². The van der Waals surface area contributed by atoms with Crippen LogP contribution in [0, 0.1) is 0 Å². The van der Waals surface area contributed by atoms with Crippen molar-refractivity contribution in [3.63, 3.8) is 0 Å². The van der Waals surface area contributed by atoms with Crippen molar-refractivity contribution in [1.29, 1.82) is 0 Å². The molecule has 0 spiro atoms. The van der Waals surface area contributed by atoms with E-state index in [-0.39, 0.29) is 16.4 Å². The van der Waals surface area contributed by atoms with E-state index in [0.717, 1.165) is 0 Å². The molecule has 0 aliphatic heterocycles. The Bertz CT molecular complexity index is 488. The number of nitrogens with zero attached hydrogens (tertiary/aromatic N) is 1. The van der Waals surface area contributed by atoms with E-state index in [2.05, 4.69) is 5.32 Å². The molecule has 0 saturated heterocycles. The van der Waals surface area contributed by atoms with Crippen molar-refractivity contribution in [3.05, 3.63) is 16.9 Å². The largest absolute Gasteiger partial charge is 0.477 e. The Morgan fingerprint density at radius 1 is 1.44 bits per heavy atom. The first kappa shape index (κ1) is 14.4. The number of carbonyl (C=O) groups excluding carboxylic acids is 1. The quantitative estimate of drug-likeness (QED) is 0.869. The Morgan fingerprint density at radius 3 is 2.44 bits per heavy atom. The lowest BCUT2D eigenvalue weighted by Crippen LogP contribution is -2.27. The number of carboxylic acids is 1. The lowest BCUT2D eigenvalue weighted by molar-refractivity contribution is 0.0636. The number of rotatable bonds is 2. The highest BCUT2D eigenvalue weighted by Gasteiger charge is 2.23. The second kappa shape index (κ2) is 4.89. The average Bonchev–Trinajstić information content (AvgIpc) is 2.37. The van der Waals surface area contributed by atoms with Crippen molar-refractivity contribution < 1.29 is 19.4 Å². The molecule has 1 aromatic rings. The average molecular weight is 275 g/mol. The number of carbonyl (C=O) groups is 2. The third kappa shape index (κ3) is 3.40. The van der Waals surface area contributed by atoms with E-state index < -0.39 is 17.7 Å². The molecule has 0 bridgehead atoms. The van der Waals surface area contributed by atoms with Crippen LogP contribution in [0.25, 0.3) is 0 Å². The molecular weight excluding hydrogens is 260 g/mol. The fourth-order valence-electron chi connectivity index (χ4n) is 1.37. The summed E-state index contributed by atoms with van der Waals surface area (Å²) < 4.78 is 6.35. The third-order valence-electron chi connectivity index (χ3n) is 1.96.